The molecule has 1 unspecified atom stereocenters. The van der Waals surface area contributed by atoms with Crippen LogP contribution in [-0.2, 0) is 28.6 Å². The summed E-state index contributed by atoms with van der Waals surface area (Å²) in [6.07, 6.45) is 94.0. The van der Waals surface area contributed by atoms with Crippen LogP contribution in [0.5, 0.6) is 0 Å². The molecule has 0 N–H and O–H groups in total. The Kier molecular flexibility index (Phi) is 65.2. The molecule has 0 amide bonds. The van der Waals surface area contributed by atoms with Crippen LogP contribution in [0.25, 0.3) is 0 Å². The molecule has 0 saturated heterocycles. The molecule has 1 atom stereocenters. The number of rotatable bonds is 62. The van der Waals surface area contributed by atoms with E-state index in [2.05, 4.69) is 130 Å². The van der Waals surface area contributed by atoms with Crippen molar-refractivity contribution in [3.8, 4) is 0 Å². The topological polar surface area (TPSA) is 78.9 Å². The highest BCUT2D eigenvalue weighted by atomic mass is 16.6. The average molecular weight is 1130 g/mol. The van der Waals surface area contributed by atoms with E-state index < -0.39 is 6.10 Å². The zero-order valence-corrected chi connectivity index (χ0v) is 53.3. The monoisotopic (exact) mass is 1120 g/mol. The molecule has 6 heteroatoms. The van der Waals surface area contributed by atoms with Crippen molar-refractivity contribution in [3.05, 3.63) is 109 Å². The van der Waals surface area contributed by atoms with Crippen LogP contribution in [0.4, 0.5) is 0 Å². The van der Waals surface area contributed by atoms with Gasteiger partial charge in [0.25, 0.3) is 0 Å². The molecule has 81 heavy (non-hydrogen) atoms. The first-order valence-corrected chi connectivity index (χ1v) is 34.4. The zero-order chi connectivity index (χ0) is 58.5. The number of carbonyl (C=O) groups is 3. The Balaban J connectivity index is 4.34. The minimum absolute atomic E-state index is 0.0940. The minimum Gasteiger partial charge on any atom is -0.462 e. The molecular formula is C75H128O6. The molecule has 0 aliphatic heterocycles. The van der Waals surface area contributed by atoms with Crippen molar-refractivity contribution in [3.63, 3.8) is 0 Å². The van der Waals surface area contributed by atoms with Crippen molar-refractivity contribution >= 4 is 17.9 Å². The molecule has 0 aromatic carbocycles. The second kappa shape index (κ2) is 68.6. The normalized spacial score (nSPS) is 12.8. The molecule has 6 nitrogen and oxygen atoms in total. The van der Waals surface area contributed by atoms with Crippen molar-refractivity contribution in [2.24, 2.45) is 0 Å². The lowest BCUT2D eigenvalue weighted by Gasteiger charge is -2.18. The van der Waals surface area contributed by atoms with E-state index >= 15 is 0 Å². The van der Waals surface area contributed by atoms with Gasteiger partial charge in [0.15, 0.2) is 6.10 Å². The van der Waals surface area contributed by atoms with Crippen LogP contribution in [0.3, 0.4) is 0 Å². The Morgan fingerprint density at radius 3 is 0.790 bits per heavy atom. The first-order valence-electron chi connectivity index (χ1n) is 34.4. The maximum atomic E-state index is 12.9. The van der Waals surface area contributed by atoms with Crippen LogP contribution >= 0.6 is 0 Å². The van der Waals surface area contributed by atoms with Gasteiger partial charge >= 0.3 is 17.9 Å². The van der Waals surface area contributed by atoms with Crippen molar-refractivity contribution in [1.29, 1.82) is 0 Å². The Hall–Kier alpha value is -3.93. The molecule has 0 fully saturated rings. The van der Waals surface area contributed by atoms with Crippen molar-refractivity contribution in [2.75, 3.05) is 13.2 Å². The third-order valence-electron chi connectivity index (χ3n) is 14.7. The van der Waals surface area contributed by atoms with E-state index in [-0.39, 0.29) is 31.1 Å². The van der Waals surface area contributed by atoms with Crippen molar-refractivity contribution in [2.45, 2.75) is 335 Å². The number of ether oxygens (including phenoxy) is 3. The lowest BCUT2D eigenvalue weighted by atomic mass is 10.0. The summed E-state index contributed by atoms with van der Waals surface area (Å²) < 4.78 is 16.9. The van der Waals surface area contributed by atoms with Crippen molar-refractivity contribution in [1.82, 2.24) is 0 Å². The van der Waals surface area contributed by atoms with Gasteiger partial charge in [0.1, 0.15) is 13.2 Å². The molecular weight excluding hydrogens is 997 g/mol. The quantitative estimate of drug-likeness (QED) is 0.0261. The summed E-state index contributed by atoms with van der Waals surface area (Å²) in [7, 11) is 0. The van der Waals surface area contributed by atoms with Gasteiger partial charge < -0.3 is 14.2 Å². The fraction of sp³-hybridized carbons (Fsp3) is 0.720. The van der Waals surface area contributed by atoms with Gasteiger partial charge in [0.2, 0.25) is 0 Å². The molecule has 0 saturated carbocycles. The SMILES string of the molecule is CC/C=C\C/C=C\C/C=C\C/C=C\CCCCCCCCCCC(=O)OC(COC(=O)CCCC/C=C\C/C=C\C/C=C\C/C=C\CC)COC(=O)CCCCCCCCCCCCCCCCC/C=C\CCCCCCCCCC. The van der Waals surface area contributed by atoms with E-state index in [4.69, 9.17) is 14.2 Å². The fourth-order valence-electron chi connectivity index (χ4n) is 9.66. The molecule has 0 aromatic rings. The summed E-state index contributed by atoms with van der Waals surface area (Å²) in [6.45, 7) is 6.40. The van der Waals surface area contributed by atoms with E-state index in [1.807, 2.05) is 0 Å². The molecule has 0 bridgehead atoms. The smallest absolute Gasteiger partial charge is 0.306 e. The van der Waals surface area contributed by atoms with Gasteiger partial charge in [0.05, 0.1) is 0 Å². The largest absolute Gasteiger partial charge is 0.462 e. The number of esters is 3. The Bertz CT molecular complexity index is 1620. The molecule has 0 aliphatic rings. The maximum Gasteiger partial charge on any atom is 0.306 e. The Morgan fingerprint density at radius 1 is 0.259 bits per heavy atom. The van der Waals surface area contributed by atoms with Crippen LogP contribution in [0.1, 0.15) is 329 Å². The number of carbonyl (C=O) groups excluding carboxylic acids is 3. The van der Waals surface area contributed by atoms with E-state index in [1.54, 1.807) is 0 Å². The predicted octanol–water partition coefficient (Wildman–Crippen LogP) is 23.8. The van der Waals surface area contributed by atoms with E-state index in [0.29, 0.717) is 19.3 Å². The van der Waals surface area contributed by atoms with Gasteiger partial charge in [0, 0.05) is 19.3 Å². The first-order chi connectivity index (χ1) is 40.0. The highest BCUT2D eigenvalue weighted by Crippen LogP contribution is 2.17. The van der Waals surface area contributed by atoms with Crippen LogP contribution < -0.4 is 0 Å². The van der Waals surface area contributed by atoms with E-state index in [9.17, 15) is 14.4 Å². The summed E-state index contributed by atoms with van der Waals surface area (Å²) in [5, 5.41) is 0. The predicted molar refractivity (Wildman–Crippen MR) is 353 cm³/mol. The Morgan fingerprint density at radius 2 is 0.481 bits per heavy atom. The lowest BCUT2D eigenvalue weighted by Crippen LogP contribution is -2.30. The average Bonchev–Trinajstić information content (AvgIpc) is 3.47. The number of hydrogen-bond acceptors (Lipinski definition) is 6. The second-order valence-corrected chi connectivity index (χ2v) is 22.7. The zero-order valence-electron chi connectivity index (χ0n) is 53.3. The fourth-order valence-corrected chi connectivity index (χ4v) is 9.66. The van der Waals surface area contributed by atoms with Gasteiger partial charge in [-0.05, 0) is 122 Å². The summed E-state index contributed by atoms with van der Waals surface area (Å²) in [5.41, 5.74) is 0. The Labute approximate surface area is 501 Å². The number of allylic oxidation sites excluding steroid dienone is 18. The molecule has 0 spiro atoms. The second-order valence-electron chi connectivity index (χ2n) is 22.7. The van der Waals surface area contributed by atoms with Gasteiger partial charge in [-0.3, -0.25) is 14.4 Å². The highest BCUT2D eigenvalue weighted by Gasteiger charge is 2.19. The minimum atomic E-state index is -0.803. The third kappa shape index (κ3) is 66.8. The van der Waals surface area contributed by atoms with Crippen LogP contribution in [-0.4, -0.2) is 37.2 Å². The van der Waals surface area contributed by atoms with Crippen LogP contribution in [0, 0.1) is 0 Å². The standard InChI is InChI=1S/C75H128O6/c1-4-7-10-13-16-19-22-25-28-30-32-34-35-36-37-38-39-41-42-44-47-50-53-56-59-62-65-68-74(77)80-71-72(70-79-73(76)67-64-61-58-55-52-49-46-27-24-21-18-15-12-9-6-3)81-75(78)69-66-63-60-57-54-51-48-45-43-40-33-31-29-26-23-20-17-14-11-8-5-2/h8-9,11-12,17-18,20-21,26-27,29-30,32-33,40,46,52,55,72H,4-7,10,13-16,19,22-25,28,31,34-39,41-45,47-51,53-54,56-71H2,1-3H3/b11-8-,12-9-,20-17-,21-18-,29-26-,32-30-,40-33-,46-27-,55-52-. The van der Waals surface area contributed by atoms with Crippen LogP contribution in [0.2, 0.25) is 0 Å². The molecule has 0 radical (unpaired) electrons. The number of hydrogen-bond donors (Lipinski definition) is 0. The summed E-state index contributed by atoms with van der Waals surface area (Å²) in [5.74, 6) is -0.935. The molecule has 0 aromatic heterocycles. The van der Waals surface area contributed by atoms with Gasteiger partial charge in [-0.25, -0.2) is 0 Å². The van der Waals surface area contributed by atoms with Gasteiger partial charge in [-0.15, -0.1) is 0 Å². The summed E-state index contributed by atoms with van der Waals surface area (Å²) >= 11 is 0. The molecule has 0 rings (SSSR count). The van der Waals surface area contributed by atoms with E-state index in [0.717, 1.165) is 116 Å². The van der Waals surface area contributed by atoms with E-state index in [1.165, 1.54) is 173 Å². The van der Waals surface area contributed by atoms with Gasteiger partial charge in [-0.1, -0.05) is 297 Å². The summed E-state index contributed by atoms with van der Waals surface area (Å²) in [6, 6.07) is 0. The lowest BCUT2D eigenvalue weighted by molar-refractivity contribution is -0.167. The molecule has 0 aliphatic carbocycles. The number of unbranched alkanes of at least 4 members (excludes halogenated alkanes) is 33. The first kappa shape index (κ1) is 77.1. The molecule has 0 heterocycles. The maximum absolute atomic E-state index is 12.9. The molecule has 464 valence electrons. The van der Waals surface area contributed by atoms with Gasteiger partial charge in [-0.2, -0.15) is 0 Å². The third-order valence-corrected chi connectivity index (χ3v) is 14.7. The van der Waals surface area contributed by atoms with Crippen LogP contribution in [0.15, 0.2) is 109 Å². The van der Waals surface area contributed by atoms with Crippen molar-refractivity contribution < 1.29 is 28.6 Å². The highest BCUT2D eigenvalue weighted by molar-refractivity contribution is 5.71. The summed E-state index contributed by atoms with van der Waals surface area (Å²) in [4.78, 5) is 38.4.